The lowest BCUT2D eigenvalue weighted by Crippen LogP contribution is -2.24. The van der Waals surface area contributed by atoms with Gasteiger partial charge in [0.2, 0.25) is 0 Å². The van der Waals surface area contributed by atoms with Crippen LogP contribution in [-0.2, 0) is 0 Å². The monoisotopic (exact) mass is 359 g/mol. The Hall–Kier alpha value is -2.57. The summed E-state index contributed by atoms with van der Waals surface area (Å²) in [7, 11) is 1.14. The molecule has 0 fully saturated rings. The average Bonchev–Trinajstić information content (AvgIpc) is 3.19. The van der Waals surface area contributed by atoms with E-state index < -0.39 is 7.92 Å². The molecule has 3 aromatic rings. The minimum Gasteiger partial charge on any atom is -0.495 e. The highest BCUT2D eigenvalue weighted by atomic mass is 31.1. The van der Waals surface area contributed by atoms with E-state index in [9.17, 15) is 0 Å². The van der Waals surface area contributed by atoms with E-state index in [4.69, 9.17) is 4.74 Å². The van der Waals surface area contributed by atoms with Crippen LogP contribution in [0.15, 0.2) is 96.4 Å². The third-order valence-corrected chi connectivity index (χ3v) is 7.10. The van der Waals surface area contributed by atoms with Crippen LogP contribution < -0.4 is 20.2 Å². The maximum atomic E-state index is 5.64. The van der Waals surface area contributed by atoms with Crippen LogP contribution >= 0.6 is 7.92 Å². The number of methoxy groups -OCH3 is 1. The van der Waals surface area contributed by atoms with Gasteiger partial charge in [-0.1, -0.05) is 78.9 Å². The van der Waals surface area contributed by atoms with Crippen molar-refractivity contribution in [2.75, 3.05) is 18.6 Å². The summed E-state index contributed by atoms with van der Waals surface area (Å²) >= 11 is 0. The van der Waals surface area contributed by atoms with Crippen LogP contribution in [-0.4, -0.2) is 13.7 Å². The summed E-state index contributed by atoms with van der Waals surface area (Å²) in [5, 5.41) is 2.75. The van der Waals surface area contributed by atoms with Crippen LogP contribution in [0.25, 0.3) is 0 Å². The number of hydrogen-bond acceptors (Lipinski definition) is 2. The van der Waals surface area contributed by atoms with E-state index >= 15 is 0 Å². The molecule has 0 atom stereocenters. The Kier molecular flexibility index (Phi) is 5.04. The van der Waals surface area contributed by atoms with Crippen LogP contribution in [0.5, 0.6) is 5.75 Å². The lowest BCUT2D eigenvalue weighted by molar-refractivity contribution is 0.415. The molecule has 4 rings (SSSR count). The molecule has 3 heteroatoms. The van der Waals surface area contributed by atoms with Crippen molar-refractivity contribution in [3.63, 3.8) is 0 Å². The van der Waals surface area contributed by atoms with Crippen LogP contribution in [0.4, 0.5) is 5.69 Å². The van der Waals surface area contributed by atoms with Gasteiger partial charge in [-0.3, -0.25) is 0 Å². The first-order valence-electron chi connectivity index (χ1n) is 8.89. The zero-order chi connectivity index (χ0) is 17.8. The van der Waals surface area contributed by atoms with E-state index in [2.05, 4.69) is 83.8 Å². The van der Waals surface area contributed by atoms with Gasteiger partial charge in [0.15, 0.2) is 0 Å². The molecule has 0 unspecified atom stereocenters. The molecule has 3 aromatic carbocycles. The first kappa shape index (κ1) is 16.9. The van der Waals surface area contributed by atoms with Crippen molar-refractivity contribution in [1.82, 2.24) is 0 Å². The van der Waals surface area contributed by atoms with Crippen molar-refractivity contribution in [2.24, 2.45) is 0 Å². The van der Waals surface area contributed by atoms with E-state index in [1.54, 1.807) is 7.11 Å². The number of para-hydroxylation sites is 2. The van der Waals surface area contributed by atoms with Crippen molar-refractivity contribution in [3.8, 4) is 5.75 Å². The quantitative estimate of drug-likeness (QED) is 0.602. The Morgan fingerprint density at radius 2 is 1.35 bits per heavy atom. The molecule has 2 nitrogen and oxygen atoms in total. The maximum absolute atomic E-state index is 5.64. The van der Waals surface area contributed by atoms with Crippen molar-refractivity contribution >= 4 is 24.2 Å². The molecule has 1 aliphatic heterocycles. The van der Waals surface area contributed by atoms with E-state index in [1.807, 2.05) is 12.1 Å². The topological polar surface area (TPSA) is 12.5 Å². The summed E-state index contributed by atoms with van der Waals surface area (Å²) < 4.78 is 5.64. The molecular weight excluding hydrogens is 337 g/mol. The van der Waals surface area contributed by atoms with Crippen LogP contribution in [0, 0.1) is 0 Å². The molecular formula is C23H22NOP. The summed E-state index contributed by atoms with van der Waals surface area (Å²) in [4.78, 5) is 2.44. The average molecular weight is 359 g/mol. The van der Waals surface area contributed by atoms with Crippen molar-refractivity contribution in [3.05, 3.63) is 96.4 Å². The van der Waals surface area contributed by atoms with E-state index in [0.29, 0.717) is 0 Å². The largest absolute Gasteiger partial charge is 0.495 e. The third-order valence-electron chi connectivity index (χ3n) is 4.59. The van der Waals surface area contributed by atoms with Crippen molar-refractivity contribution in [2.45, 2.75) is 6.42 Å². The van der Waals surface area contributed by atoms with Crippen LogP contribution in [0.1, 0.15) is 6.42 Å². The molecule has 0 radical (unpaired) electrons. The number of nitrogens with zero attached hydrogens (tertiary/aromatic N) is 1. The summed E-state index contributed by atoms with van der Waals surface area (Å²) in [5.41, 5.74) is 2.54. The molecule has 26 heavy (non-hydrogen) atoms. The Balaban J connectivity index is 1.80. The minimum absolute atomic E-state index is 0.601. The SMILES string of the molecule is COc1ccccc1N1CCC=C1P(c1ccccc1)c1ccccc1. The Labute approximate surface area is 156 Å². The lowest BCUT2D eigenvalue weighted by Gasteiger charge is -2.30. The molecule has 130 valence electrons. The van der Waals surface area contributed by atoms with Gasteiger partial charge in [-0.2, -0.15) is 0 Å². The first-order chi connectivity index (χ1) is 12.9. The Morgan fingerprint density at radius 3 is 1.96 bits per heavy atom. The molecule has 1 aliphatic rings. The number of rotatable bonds is 5. The van der Waals surface area contributed by atoms with Gasteiger partial charge in [-0.15, -0.1) is 0 Å². The highest BCUT2D eigenvalue weighted by molar-refractivity contribution is 7.76. The summed E-state index contributed by atoms with van der Waals surface area (Å²) in [6, 6.07) is 30.0. The Morgan fingerprint density at radius 1 is 0.769 bits per heavy atom. The second-order valence-electron chi connectivity index (χ2n) is 6.18. The molecule has 0 spiro atoms. The highest BCUT2D eigenvalue weighted by Crippen LogP contribution is 2.49. The van der Waals surface area contributed by atoms with Gasteiger partial charge in [0.1, 0.15) is 5.75 Å². The molecule has 0 aromatic heterocycles. The fourth-order valence-corrected chi connectivity index (χ4v) is 5.95. The molecule has 0 saturated heterocycles. The van der Waals surface area contributed by atoms with E-state index in [0.717, 1.165) is 24.4 Å². The van der Waals surface area contributed by atoms with Gasteiger partial charge >= 0.3 is 0 Å². The molecule has 0 N–H and O–H groups in total. The molecule has 0 saturated carbocycles. The maximum Gasteiger partial charge on any atom is 0.142 e. The number of benzene rings is 3. The summed E-state index contributed by atoms with van der Waals surface area (Å²) in [5.74, 6) is 0.927. The number of anilines is 1. The van der Waals surface area contributed by atoms with Gasteiger partial charge in [-0.05, 0) is 29.2 Å². The molecule has 1 heterocycles. The standard InChI is InChI=1S/C23H22NOP/c1-25-22-16-9-8-15-21(22)24-18-10-17-23(24)26(19-11-4-2-5-12-19)20-13-6-3-7-14-20/h2-9,11-17H,10,18H2,1H3. The fourth-order valence-electron chi connectivity index (χ4n) is 3.42. The predicted octanol–water partition coefficient (Wildman–Crippen LogP) is 4.88. The first-order valence-corrected chi connectivity index (χ1v) is 10.2. The molecule has 0 bridgehead atoms. The second kappa shape index (κ2) is 7.76. The number of hydrogen-bond donors (Lipinski definition) is 0. The second-order valence-corrected chi connectivity index (χ2v) is 8.34. The van der Waals surface area contributed by atoms with Gasteiger partial charge in [0.05, 0.1) is 12.8 Å². The molecule has 0 amide bonds. The van der Waals surface area contributed by atoms with Gasteiger partial charge in [0, 0.05) is 19.9 Å². The zero-order valence-corrected chi connectivity index (χ0v) is 15.8. The van der Waals surface area contributed by atoms with Crippen molar-refractivity contribution < 1.29 is 4.74 Å². The van der Waals surface area contributed by atoms with Crippen LogP contribution in [0.3, 0.4) is 0 Å². The molecule has 0 aliphatic carbocycles. The predicted molar refractivity (Wildman–Crippen MR) is 112 cm³/mol. The van der Waals surface area contributed by atoms with E-state index in [-0.39, 0.29) is 0 Å². The van der Waals surface area contributed by atoms with Gasteiger partial charge < -0.3 is 9.64 Å². The van der Waals surface area contributed by atoms with Crippen LogP contribution in [0.2, 0.25) is 0 Å². The summed E-state index contributed by atoms with van der Waals surface area (Å²) in [6.45, 7) is 0.994. The van der Waals surface area contributed by atoms with E-state index in [1.165, 1.54) is 16.0 Å². The zero-order valence-electron chi connectivity index (χ0n) is 14.9. The smallest absolute Gasteiger partial charge is 0.142 e. The lowest BCUT2D eigenvalue weighted by atomic mass is 10.2. The fraction of sp³-hybridized carbons (Fsp3) is 0.130. The van der Waals surface area contributed by atoms with Crippen molar-refractivity contribution in [1.29, 1.82) is 0 Å². The Bertz CT molecular complexity index is 853. The third kappa shape index (κ3) is 3.25. The van der Waals surface area contributed by atoms with Gasteiger partial charge in [0.25, 0.3) is 0 Å². The highest BCUT2D eigenvalue weighted by Gasteiger charge is 2.28. The number of ether oxygens (including phenoxy) is 1. The minimum atomic E-state index is -0.601. The normalized spacial score (nSPS) is 13.8. The summed E-state index contributed by atoms with van der Waals surface area (Å²) in [6.07, 6.45) is 3.46. The van der Waals surface area contributed by atoms with Gasteiger partial charge in [-0.25, -0.2) is 0 Å².